The van der Waals surface area contributed by atoms with E-state index >= 15 is 0 Å². The van der Waals surface area contributed by atoms with Gasteiger partial charge in [0, 0.05) is 33.2 Å². The molecule has 2 aliphatic rings. The van der Waals surface area contributed by atoms with Gasteiger partial charge in [-0.2, -0.15) is 0 Å². The summed E-state index contributed by atoms with van der Waals surface area (Å²) in [5, 5.41) is 7.42. The summed E-state index contributed by atoms with van der Waals surface area (Å²) in [6.07, 6.45) is 0. The lowest BCUT2D eigenvalue weighted by Crippen LogP contribution is -2.11. The van der Waals surface area contributed by atoms with Crippen molar-refractivity contribution in [3.63, 3.8) is 0 Å². The molecule has 0 spiro atoms. The first-order valence-electron chi connectivity index (χ1n) is 22.8. The highest BCUT2D eigenvalue weighted by Gasteiger charge is 2.33. The zero-order chi connectivity index (χ0) is 43.3. The molecule has 14 rings (SSSR count). The van der Waals surface area contributed by atoms with Crippen LogP contribution in [0, 0.1) is 0 Å². The molecule has 0 fully saturated rings. The molecule has 0 aliphatic heterocycles. The fourth-order valence-corrected chi connectivity index (χ4v) is 11.2. The fourth-order valence-electron chi connectivity index (χ4n) is 11.2. The minimum atomic E-state index is 1.10. The Balaban J connectivity index is 0.972. The van der Waals surface area contributed by atoms with Crippen LogP contribution in [-0.2, 0) is 0 Å². The maximum atomic E-state index is 2.48. The highest BCUT2D eigenvalue weighted by Crippen LogP contribution is 2.55. The van der Waals surface area contributed by atoms with Gasteiger partial charge in [-0.15, -0.1) is 0 Å². The highest BCUT2D eigenvalue weighted by atomic mass is 15.1. The topological polar surface area (TPSA) is 8.17 Å². The van der Waals surface area contributed by atoms with Gasteiger partial charge in [0.15, 0.2) is 0 Å². The van der Waals surface area contributed by atoms with E-state index in [1.807, 2.05) is 0 Å². The van der Waals surface area contributed by atoms with E-state index in [4.69, 9.17) is 0 Å². The van der Waals surface area contributed by atoms with Crippen molar-refractivity contribution in [1.82, 2.24) is 4.57 Å². The predicted octanol–water partition coefficient (Wildman–Crippen LogP) is 17.2. The molecular weight excluding hydrogens is 797 g/mol. The highest BCUT2D eigenvalue weighted by molar-refractivity contribution is 6.20. The number of fused-ring (bicyclic) bond motifs is 12. The van der Waals surface area contributed by atoms with Crippen molar-refractivity contribution in [2.45, 2.75) is 0 Å². The number of hydrogen-bond acceptors (Lipinski definition) is 1. The Morgan fingerprint density at radius 3 is 1.47 bits per heavy atom. The van der Waals surface area contributed by atoms with Crippen molar-refractivity contribution in [2.75, 3.05) is 4.90 Å². The Bertz CT molecular complexity index is 3930. The van der Waals surface area contributed by atoms with Gasteiger partial charge >= 0.3 is 0 Å². The van der Waals surface area contributed by atoms with E-state index in [0.717, 1.165) is 17.1 Å². The van der Waals surface area contributed by atoms with E-state index in [-0.39, 0.29) is 0 Å². The first-order chi connectivity index (χ1) is 32.8. The van der Waals surface area contributed by atoms with Gasteiger partial charge in [-0.1, -0.05) is 182 Å². The van der Waals surface area contributed by atoms with E-state index in [1.54, 1.807) is 0 Å². The van der Waals surface area contributed by atoms with Crippen LogP contribution in [0.1, 0.15) is 22.3 Å². The van der Waals surface area contributed by atoms with Crippen molar-refractivity contribution in [1.29, 1.82) is 0 Å². The van der Waals surface area contributed by atoms with Gasteiger partial charge in [0.25, 0.3) is 0 Å². The normalized spacial score (nSPS) is 12.5. The zero-order valence-electron chi connectivity index (χ0n) is 36.0. The van der Waals surface area contributed by atoms with Crippen molar-refractivity contribution < 1.29 is 0 Å². The lowest BCUT2D eigenvalue weighted by molar-refractivity contribution is 1.18. The van der Waals surface area contributed by atoms with Crippen LogP contribution in [-0.4, -0.2) is 4.57 Å². The summed E-state index contributed by atoms with van der Waals surface area (Å²) >= 11 is 0. The molecule has 66 heavy (non-hydrogen) atoms. The maximum absolute atomic E-state index is 2.48. The maximum Gasteiger partial charge on any atom is 0.0546 e. The molecule has 2 aliphatic carbocycles. The molecule has 0 N–H and O–H groups in total. The molecular formula is C64H40N2. The SMILES string of the molecule is c1ccc(-n2c3ccccc3c3cc(-c4ccc(N(c5ccc6c(c5)C(=C5c7ccccc7-c7ccccc75)c5ccccc5-6)c5cc6ccccc6c6ccccc56)cc4)ccc32)cc1. The Morgan fingerprint density at radius 1 is 0.273 bits per heavy atom. The van der Waals surface area contributed by atoms with Crippen molar-refractivity contribution in [3.05, 3.63) is 265 Å². The largest absolute Gasteiger partial charge is 0.310 e. The van der Waals surface area contributed by atoms with Gasteiger partial charge in [0.05, 0.1) is 16.7 Å². The summed E-state index contributed by atoms with van der Waals surface area (Å²) in [5.41, 5.74) is 22.2. The Labute approximate surface area is 383 Å². The lowest BCUT2D eigenvalue weighted by atomic mass is 9.91. The average molecular weight is 837 g/mol. The van der Waals surface area contributed by atoms with Gasteiger partial charge in [-0.25, -0.2) is 0 Å². The third kappa shape index (κ3) is 5.42. The summed E-state index contributed by atoms with van der Waals surface area (Å²) in [5.74, 6) is 0. The van der Waals surface area contributed by atoms with Crippen LogP contribution in [0.2, 0.25) is 0 Å². The summed E-state index contributed by atoms with van der Waals surface area (Å²) < 4.78 is 2.38. The van der Waals surface area contributed by atoms with E-state index in [1.165, 1.54) is 116 Å². The molecule has 12 aromatic rings. The summed E-state index contributed by atoms with van der Waals surface area (Å²) in [6.45, 7) is 0. The van der Waals surface area contributed by atoms with Crippen molar-refractivity contribution >= 4 is 71.6 Å². The first-order valence-corrected chi connectivity index (χ1v) is 22.8. The summed E-state index contributed by atoms with van der Waals surface area (Å²) in [4.78, 5) is 2.48. The van der Waals surface area contributed by atoms with Crippen LogP contribution in [0.4, 0.5) is 17.1 Å². The van der Waals surface area contributed by atoms with Gasteiger partial charge in [-0.3, -0.25) is 0 Å². The number of para-hydroxylation sites is 2. The molecule has 11 aromatic carbocycles. The molecule has 306 valence electrons. The number of rotatable bonds is 5. The van der Waals surface area contributed by atoms with Crippen LogP contribution in [0.25, 0.3) is 93.6 Å². The van der Waals surface area contributed by atoms with Crippen molar-refractivity contribution in [3.8, 4) is 39.1 Å². The number of nitrogens with zero attached hydrogens (tertiary/aromatic N) is 2. The molecule has 0 saturated heterocycles. The molecule has 0 saturated carbocycles. The van der Waals surface area contributed by atoms with Gasteiger partial charge in [-0.05, 0) is 144 Å². The van der Waals surface area contributed by atoms with Gasteiger partial charge in [0.2, 0.25) is 0 Å². The number of benzene rings is 11. The van der Waals surface area contributed by atoms with E-state index in [9.17, 15) is 0 Å². The first kappa shape index (κ1) is 36.7. The molecule has 0 bridgehead atoms. The molecule has 2 nitrogen and oxygen atoms in total. The molecule has 2 heteroatoms. The minimum Gasteiger partial charge on any atom is -0.310 e. The summed E-state index contributed by atoms with van der Waals surface area (Å²) in [6, 6.07) is 89.6. The quantitative estimate of drug-likeness (QED) is 0.157. The summed E-state index contributed by atoms with van der Waals surface area (Å²) in [7, 11) is 0. The van der Waals surface area contributed by atoms with Crippen molar-refractivity contribution in [2.24, 2.45) is 0 Å². The molecule has 1 aromatic heterocycles. The third-order valence-electron chi connectivity index (χ3n) is 14.1. The Hall–Kier alpha value is -8.72. The van der Waals surface area contributed by atoms with Crippen LogP contribution in [0.3, 0.4) is 0 Å². The van der Waals surface area contributed by atoms with E-state index in [2.05, 4.69) is 252 Å². The molecule has 0 atom stereocenters. The van der Waals surface area contributed by atoms with Crippen LogP contribution in [0.15, 0.2) is 243 Å². The molecule has 1 heterocycles. The van der Waals surface area contributed by atoms with Crippen LogP contribution >= 0.6 is 0 Å². The van der Waals surface area contributed by atoms with Gasteiger partial charge in [0.1, 0.15) is 0 Å². The number of hydrogen-bond donors (Lipinski definition) is 0. The average Bonchev–Trinajstić information content (AvgIpc) is 4.02. The molecule has 0 radical (unpaired) electrons. The number of aromatic nitrogens is 1. The standard InChI is InChI=1S/C64H40N2/c1-2-17-44(18-3-1)66-60-29-15-14-25-54(60)58-38-42(32-37-61(58)66)41-30-33-45(34-31-41)65(62-39-43-16-4-5-19-47(43)48-20-6-10-24-53(48)62)46-35-36-52-51-23-9-13-28-57(51)64(59(52)40-46)63-55-26-11-7-21-49(55)50-22-8-12-27-56(50)63/h1-40H. The van der Waals surface area contributed by atoms with Crippen LogP contribution < -0.4 is 4.90 Å². The van der Waals surface area contributed by atoms with Gasteiger partial charge < -0.3 is 9.47 Å². The van der Waals surface area contributed by atoms with E-state index < -0.39 is 0 Å². The number of anilines is 3. The third-order valence-corrected chi connectivity index (χ3v) is 14.1. The minimum absolute atomic E-state index is 1.10. The second-order valence-corrected chi connectivity index (χ2v) is 17.6. The van der Waals surface area contributed by atoms with Crippen LogP contribution in [0.5, 0.6) is 0 Å². The Morgan fingerprint density at radius 2 is 0.773 bits per heavy atom. The Kier molecular flexibility index (Phi) is 8.02. The predicted molar refractivity (Wildman–Crippen MR) is 278 cm³/mol. The second-order valence-electron chi connectivity index (χ2n) is 17.6. The monoisotopic (exact) mass is 836 g/mol. The zero-order valence-corrected chi connectivity index (χ0v) is 36.0. The smallest absolute Gasteiger partial charge is 0.0546 e. The fraction of sp³-hybridized carbons (Fsp3) is 0. The lowest BCUT2D eigenvalue weighted by Gasteiger charge is -2.28. The molecule has 0 unspecified atom stereocenters. The van der Waals surface area contributed by atoms with E-state index in [0.29, 0.717) is 0 Å². The second kappa shape index (κ2) is 14.4. The molecule has 0 amide bonds.